The summed E-state index contributed by atoms with van der Waals surface area (Å²) in [5.74, 6) is 1.41. The van der Waals surface area contributed by atoms with E-state index in [1.165, 1.54) is 0 Å². The van der Waals surface area contributed by atoms with Gasteiger partial charge in [-0.1, -0.05) is 6.58 Å². The highest BCUT2D eigenvalue weighted by Crippen LogP contribution is 2.18. The molecule has 1 fully saturated rings. The van der Waals surface area contributed by atoms with Crippen molar-refractivity contribution in [3.05, 3.63) is 12.7 Å². The van der Waals surface area contributed by atoms with Crippen LogP contribution in [0, 0.1) is 0 Å². The van der Waals surface area contributed by atoms with Gasteiger partial charge in [-0.05, 0) is 25.5 Å². The highest BCUT2D eigenvalue weighted by Gasteiger charge is 2.18. The lowest BCUT2D eigenvalue weighted by Gasteiger charge is -2.24. The molecular formula is C10H16O3S. The Hall–Kier alpha value is -0.480. The first-order valence-electron chi connectivity index (χ1n) is 4.78. The van der Waals surface area contributed by atoms with Crippen LogP contribution in [0.5, 0.6) is 0 Å². The third-order valence-corrected chi connectivity index (χ3v) is 3.04. The molecule has 0 N–H and O–H groups in total. The van der Waals surface area contributed by atoms with Crippen LogP contribution in [-0.2, 0) is 14.3 Å². The standard InChI is InChI=1S/C10H16O3S/c1-3-9(11)13-10-7-14-6-4-5-8(2)12-10/h3,8,10H,1,4-7H2,2H3. The number of carbonyl (C=O) groups excluding carboxylic acids is 1. The van der Waals surface area contributed by atoms with E-state index in [1.807, 2.05) is 6.92 Å². The molecule has 1 aliphatic rings. The Morgan fingerprint density at radius 2 is 2.50 bits per heavy atom. The summed E-state index contributed by atoms with van der Waals surface area (Å²) in [5.41, 5.74) is 0. The van der Waals surface area contributed by atoms with Crippen molar-refractivity contribution in [1.82, 2.24) is 0 Å². The third-order valence-electron chi connectivity index (χ3n) is 1.95. The summed E-state index contributed by atoms with van der Waals surface area (Å²) in [6, 6.07) is 0. The zero-order chi connectivity index (χ0) is 10.4. The highest BCUT2D eigenvalue weighted by molar-refractivity contribution is 7.99. The van der Waals surface area contributed by atoms with Crippen LogP contribution in [0.4, 0.5) is 0 Å². The van der Waals surface area contributed by atoms with Crippen LogP contribution in [-0.4, -0.2) is 29.9 Å². The highest BCUT2D eigenvalue weighted by atomic mass is 32.2. The molecule has 1 heterocycles. The van der Waals surface area contributed by atoms with Gasteiger partial charge in [-0.2, -0.15) is 11.8 Å². The Balaban J connectivity index is 2.39. The molecule has 0 radical (unpaired) electrons. The summed E-state index contributed by atoms with van der Waals surface area (Å²) in [6.45, 7) is 5.35. The summed E-state index contributed by atoms with van der Waals surface area (Å²) in [6.07, 6.45) is 3.10. The van der Waals surface area contributed by atoms with Crippen molar-refractivity contribution in [1.29, 1.82) is 0 Å². The van der Waals surface area contributed by atoms with E-state index >= 15 is 0 Å². The van der Waals surface area contributed by atoms with Crippen molar-refractivity contribution in [2.24, 2.45) is 0 Å². The van der Waals surface area contributed by atoms with Gasteiger partial charge in [-0.15, -0.1) is 0 Å². The van der Waals surface area contributed by atoms with Gasteiger partial charge >= 0.3 is 5.97 Å². The Morgan fingerprint density at radius 3 is 3.21 bits per heavy atom. The molecule has 1 saturated heterocycles. The normalized spacial score (nSPS) is 28.6. The fourth-order valence-electron chi connectivity index (χ4n) is 1.26. The van der Waals surface area contributed by atoms with E-state index < -0.39 is 12.3 Å². The van der Waals surface area contributed by atoms with E-state index in [2.05, 4.69) is 6.58 Å². The molecule has 0 saturated carbocycles. The maximum absolute atomic E-state index is 11.0. The number of thioether (sulfide) groups is 1. The Morgan fingerprint density at radius 1 is 1.71 bits per heavy atom. The second-order valence-corrected chi connectivity index (χ2v) is 4.38. The minimum atomic E-state index is -0.416. The van der Waals surface area contributed by atoms with Crippen molar-refractivity contribution in [3.8, 4) is 0 Å². The van der Waals surface area contributed by atoms with E-state index in [0.717, 1.165) is 24.7 Å². The number of ether oxygens (including phenoxy) is 2. The third kappa shape index (κ3) is 4.15. The fourth-order valence-corrected chi connectivity index (χ4v) is 2.13. The maximum atomic E-state index is 11.0. The van der Waals surface area contributed by atoms with E-state index in [4.69, 9.17) is 9.47 Å². The Bertz CT molecular complexity index is 206. The predicted molar refractivity (Wildman–Crippen MR) is 57.2 cm³/mol. The summed E-state index contributed by atoms with van der Waals surface area (Å²) >= 11 is 1.76. The van der Waals surface area contributed by atoms with Crippen LogP contribution >= 0.6 is 11.8 Å². The van der Waals surface area contributed by atoms with Crippen LogP contribution in [0.2, 0.25) is 0 Å². The number of esters is 1. The topological polar surface area (TPSA) is 35.5 Å². The van der Waals surface area contributed by atoms with Crippen LogP contribution in [0.15, 0.2) is 12.7 Å². The second-order valence-electron chi connectivity index (χ2n) is 3.23. The van der Waals surface area contributed by atoms with Gasteiger partial charge in [0.2, 0.25) is 6.29 Å². The molecule has 1 rings (SSSR count). The molecule has 2 atom stereocenters. The lowest BCUT2D eigenvalue weighted by atomic mass is 10.2. The second kappa shape index (κ2) is 6.09. The van der Waals surface area contributed by atoms with Crippen LogP contribution in [0.3, 0.4) is 0 Å². The molecular weight excluding hydrogens is 200 g/mol. The van der Waals surface area contributed by atoms with Crippen molar-refractivity contribution >= 4 is 17.7 Å². The molecule has 0 bridgehead atoms. The van der Waals surface area contributed by atoms with E-state index in [1.54, 1.807) is 11.8 Å². The minimum absolute atomic E-state index is 0.165. The Kier molecular flexibility index (Phi) is 5.04. The maximum Gasteiger partial charge on any atom is 0.332 e. The molecule has 4 heteroatoms. The van der Waals surface area contributed by atoms with Crippen LogP contribution in [0.1, 0.15) is 19.8 Å². The lowest BCUT2D eigenvalue weighted by Crippen LogP contribution is -2.29. The first-order chi connectivity index (χ1) is 6.72. The molecule has 1 aliphatic heterocycles. The fraction of sp³-hybridized carbons (Fsp3) is 0.700. The summed E-state index contributed by atoms with van der Waals surface area (Å²) in [4.78, 5) is 11.0. The van der Waals surface area contributed by atoms with E-state index in [9.17, 15) is 4.79 Å². The zero-order valence-electron chi connectivity index (χ0n) is 8.40. The van der Waals surface area contributed by atoms with E-state index in [-0.39, 0.29) is 6.10 Å². The smallest absolute Gasteiger partial charge is 0.332 e. The first kappa shape index (κ1) is 11.6. The van der Waals surface area contributed by atoms with Crippen molar-refractivity contribution < 1.29 is 14.3 Å². The van der Waals surface area contributed by atoms with Crippen molar-refractivity contribution in [2.45, 2.75) is 32.2 Å². The van der Waals surface area contributed by atoms with Gasteiger partial charge in [0, 0.05) is 6.08 Å². The molecule has 80 valence electrons. The number of hydrogen-bond donors (Lipinski definition) is 0. The molecule has 3 nitrogen and oxygen atoms in total. The van der Waals surface area contributed by atoms with Gasteiger partial charge in [-0.3, -0.25) is 0 Å². The Labute approximate surface area is 88.8 Å². The lowest BCUT2D eigenvalue weighted by molar-refractivity contribution is -0.177. The SMILES string of the molecule is C=CC(=O)OC1CSCCCC(C)O1. The van der Waals surface area contributed by atoms with Crippen molar-refractivity contribution in [3.63, 3.8) is 0 Å². The molecule has 0 aromatic rings. The van der Waals surface area contributed by atoms with Gasteiger partial charge in [0.05, 0.1) is 11.9 Å². The zero-order valence-corrected chi connectivity index (χ0v) is 9.22. The average molecular weight is 216 g/mol. The van der Waals surface area contributed by atoms with Gasteiger partial charge in [-0.25, -0.2) is 4.79 Å². The molecule has 0 aromatic carbocycles. The van der Waals surface area contributed by atoms with Crippen molar-refractivity contribution in [2.75, 3.05) is 11.5 Å². The number of hydrogen-bond acceptors (Lipinski definition) is 4. The summed E-state index contributed by atoms with van der Waals surface area (Å²) < 4.78 is 10.6. The predicted octanol–water partition coefficient (Wildman–Crippen LogP) is 1.97. The molecule has 2 unspecified atom stereocenters. The van der Waals surface area contributed by atoms with Crippen LogP contribution in [0.25, 0.3) is 0 Å². The van der Waals surface area contributed by atoms with Gasteiger partial charge in [0.1, 0.15) is 0 Å². The van der Waals surface area contributed by atoms with Gasteiger partial charge in [0.15, 0.2) is 0 Å². The molecule has 0 spiro atoms. The van der Waals surface area contributed by atoms with Gasteiger partial charge < -0.3 is 9.47 Å². The minimum Gasteiger partial charge on any atom is -0.432 e. The molecule has 14 heavy (non-hydrogen) atoms. The summed E-state index contributed by atoms with van der Waals surface area (Å²) in [5, 5.41) is 0. The van der Waals surface area contributed by atoms with Gasteiger partial charge in [0.25, 0.3) is 0 Å². The molecule has 0 amide bonds. The number of rotatable bonds is 2. The summed E-state index contributed by atoms with van der Waals surface area (Å²) in [7, 11) is 0. The first-order valence-corrected chi connectivity index (χ1v) is 5.94. The largest absolute Gasteiger partial charge is 0.432 e. The molecule has 0 aliphatic carbocycles. The van der Waals surface area contributed by atoms with Crippen LogP contribution < -0.4 is 0 Å². The quantitative estimate of drug-likeness (QED) is 0.522. The monoisotopic (exact) mass is 216 g/mol. The average Bonchev–Trinajstić information content (AvgIpc) is 2.13. The number of carbonyl (C=O) groups is 1. The molecule has 0 aromatic heterocycles. The van der Waals surface area contributed by atoms with E-state index in [0.29, 0.717) is 5.75 Å².